The minimum atomic E-state index is -1.33. The lowest BCUT2D eigenvalue weighted by molar-refractivity contribution is -0.171. The van der Waals surface area contributed by atoms with Gasteiger partial charge in [0.15, 0.2) is 5.78 Å². The normalized spacial score (nSPS) is 24.7. The quantitative estimate of drug-likeness (QED) is 0.550. The number of hydrogen-bond donors (Lipinski definition) is 0. The van der Waals surface area contributed by atoms with Crippen LogP contribution in [0, 0.1) is 11.3 Å². The van der Waals surface area contributed by atoms with Gasteiger partial charge in [0.25, 0.3) is 0 Å². The molecule has 0 aromatic carbocycles. The highest BCUT2D eigenvalue weighted by molar-refractivity contribution is 6.08. The van der Waals surface area contributed by atoms with Crippen molar-refractivity contribution in [2.45, 2.75) is 40.0 Å². The smallest absolute Gasteiger partial charge is 0.320 e. The first-order chi connectivity index (χ1) is 8.50. The minimum absolute atomic E-state index is 0.198. The summed E-state index contributed by atoms with van der Waals surface area (Å²) >= 11 is 0. The fraction of sp³-hybridized carbons (Fsp3) is 0.769. The largest absolute Gasteiger partial charge is 0.466 e. The van der Waals surface area contributed by atoms with E-state index in [9.17, 15) is 14.4 Å². The van der Waals surface area contributed by atoms with Crippen LogP contribution in [0.1, 0.15) is 40.0 Å². The molecule has 2 atom stereocenters. The molecule has 0 radical (unpaired) electrons. The first-order valence-corrected chi connectivity index (χ1v) is 6.37. The van der Waals surface area contributed by atoms with Crippen LogP contribution in [0.15, 0.2) is 0 Å². The standard InChI is InChI=1S/C13H20O5/c1-4-17-11(15)9(3)13(12(16)18-5-2)8-6-7-10(13)14/h9H,4-8H2,1-3H3. The van der Waals surface area contributed by atoms with Gasteiger partial charge in [-0.05, 0) is 26.7 Å². The van der Waals surface area contributed by atoms with Gasteiger partial charge in [-0.3, -0.25) is 14.4 Å². The van der Waals surface area contributed by atoms with Crippen molar-refractivity contribution in [3.8, 4) is 0 Å². The van der Waals surface area contributed by atoms with Gasteiger partial charge in [0.2, 0.25) is 0 Å². The van der Waals surface area contributed by atoms with Crippen LogP contribution < -0.4 is 0 Å². The Labute approximate surface area is 107 Å². The van der Waals surface area contributed by atoms with Crippen molar-refractivity contribution < 1.29 is 23.9 Å². The predicted octanol–water partition coefficient (Wildman–Crippen LogP) is 1.49. The fourth-order valence-corrected chi connectivity index (χ4v) is 2.47. The van der Waals surface area contributed by atoms with Crippen LogP contribution in [0.3, 0.4) is 0 Å². The molecule has 0 amide bonds. The molecule has 0 aliphatic heterocycles. The Hall–Kier alpha value is -1.39. The van der Waals surface area contributed by atoms with Gasteiger partial charge in [-0.25, -0.2) is 0 Å². The van der Waals surface area contributed by atoms with Gasteiger partial charge in [-0.15, -0.1) is 0 Å². The van der Waals surface area contributed by atoms with Gasteiger partial charge in [0.1, 0.15) is 5.41 Å². The third-order valence-electron chi connectivity index (χ3n) is 3.49. The van der Waals surface area contributed by atoms with Gasteiger partial charge >= 0.3 is 11.9 Å². The summed E-state index contributed by atoms with van der Waals surface area (Å²) in [5.74, 6) is -2.10. The van der Waals surface area contributed by atoms with E-state index in [1.54, 1.807) is 20.8 Å². The van der Waals surface area contributed by atoms with Crippen LogP contribution in [-0.4, -0.2) is 30.9 Å². The van der Waals surface area contributed by atoms with E-state index in [1.807, 2.05) is 0 Å². The molecule has 0 N–H and O–H groups in total. The first kappa shape index (κ1) is 14.7. The Morgan fingerprint density at radius 3 is 2.33 bits per heavy atom. The SMILES string of the molecule is CCOC(=O)C(C)C1(C(=O)OCC)CCCC1=O. The monoisotopic (exact) mass is 256 g/mol. The zero-order chi connectivity index (χ0) is 13.8. The Balaban J connectivity index is 3.01. The molecule has 0 bridgehead atoms. The molecule has 1 rings (SSSR count). The Morgan fingerprint density at radius 2 is 1.89 bits per heavy atom. The maximum absolute atomic E-state index is 12.1. The molecular weight excluding hydrogens is 236 g/mol. The molecule has 2 unspecified atom stereocenters. The van der Waals surface area contributed by atoms with Gasteiger partial charge in [-0.2, -0.15) is 0 Å². The molecule has 0 aromatic heterocycles. The summed E-state index contributed by atoms with van der Waals surface area (Å²) in [6.07, 6.45) is 1.30. The molecule has 0 spiro atoms. The third-order valence-corrected chi connectivity index (χ3v) is 3.49. The number of ketones is 1. The lowest BCUT2D eigenvalue weighted by Crippen LogP contribution is -2.46. The number of rotatable bonds is 5. The third kappa shape index (κ3) is 2.40. The molecule has 1 aliphatic rings. The van der Waals surface area contributed by atoms with Crippen LogP contribution in [0.25, 0.3) is 0 Å². The van der Waals surface area contributed by atoms with Crippen LogP contribution >= 0.6 is 0 Å². The molecule has 0 heterocycles. The average molecular weight is 256 g/mol. The molecule has 1 fully saturated rings. The molecule has 0 aromatic rings. The Morgan fingerprint density at radius 1 is 1.28 bits per heavy atom. The summed E-state index contributed by atoms with van der Waals surface area (Å²) < 4.78 is 9.90. The van der Waals surface area contributed by atoms with E-state index in [-0.39, 0.29) is 19.0 Å². The Kier molecular flexibility index (Phi) is 4.87. The van der Waals surface area contributed by atoms with Crippen molar-refractivity contribution in [2.24, 2.45) is 11.3 Å². The summed E-state index contributed by atoms with van der Waals surface area (Å²) in [5.41, 5.74) is -1.33. The predicted molar refractivity (Wildman–Crippen MR) is 63.7 cm³/mol. The number of carbonyl (C=O) groups excluding carboxylic acids is 3. The summed E-state index contributed by atoms with van der Waals surface area (Å²) in [4.78, 5) is 35.9. The number of hydrogen-bond acceptors (Lipinski definition) is 5. The van der Waals surface area contributed by atoms with Gasteiger partial charge in [-0.1, -0.05) is 6.92 Å². The zero-order valence-corrected chi connectivity index (χ0v) is 11.2. The van der Waals surface area contributed by atoms with Crippen molar-refractivity contribution in [1.82, 2.24) is 0 Å². The van der Waals surface area contributed by atoms with E-state index in [0.717, 1.165) is 0 Å². The Bertz CT molecular complexity index is 349. The van der Waals surface area contributed by atoms with E-state index in [1.165, 1.54) is 0 Å². The maximum atomic E-state index is 12.1. The summed E-state index contributed by atoms with van der Waals surface area (Å²) in [5, 5.41) is 0. The maximum Gasteiger partial charge on any atom is 0.320 e. The van der Waals surface area contributed by atoms with Crippen LogP contribution in [0.4, 0.5) is 0 Å². The van der Waals surface area contributed by atoms with Gasteiger partial charge in [0.05, 0.1) is 19.1 Å². The molecule has 1 saturated carbocycles. The molecular formula is C13H20O5. The lowest BCUT2D eigenvalue weighted by Gasteiger charge is -2.29. The molecule has 5 nitrogen and oxygen atoms in total. The lowest BCUT2D eigenvalue weighted by atomic mass is 9.74. The summed E-state index contributed by atoms with van der Waals surface area (Å²) in [6.45, 7) is 5.37. The van der Waals surface area contributed by atoms with Crippen molar-refractivity contribution in [3.63, 3.8) is 0 Å². The average Bonchev–Trinajstić information content (AvgIpc) is 2.71. The molecule has 18 heavy (non-hydrogen) atoms. The second-order valence-electron chi connectivity index (χ2n) is 4.44. The van der Waals surface area contributed by atoms with Gasteiger partial charge in [0, 0.05) is 6.42 Å². The van der Waals surface area contributed by atoms with Crippen molar-refractivity contribution >= 4 is 17.7 Å². The second kappa shape index (κ2) is 5.98. The van der Waals surface area contributed by atoms with E-state index < -0.39 is 23.3 Å². The number of carbonyl (C=O) groups is 3. The van der Waals surface area contributed by atoms with Crippen molar-refractivity contribution in [3.05, 3.63) is 0 Å². The summed E-state index contributed by atoms with van der Waals surface area (Å²) in [6, 6.07) is 0. The van der Waals surface area contributed by atoms with Crippen molar-refractivity contribution in [1.29, 1.82) is 0 Å². The zero-order valence-electron chi connectivity index (χ0n) is 11.2. The summed E-state index contributed by atoms with van der Waals surface area (Å²) in [7, 11) is 0. The first-order valence-electron chi connectivity index (χ1n) is 6.37. The van der Waals surface area contributed by atoms with Crippen LogP contribution in [0.2, 0.25) is 0 Å². The van der Waals surface area contributed by atoms with E-state index >= 15 is 0 Å². The number of esters is 2. The topological polar surface area (TPSA) is 69.7 Å². The van der Waals surface area contributed by atoms with E-state index in [2.05, 4.69) is 0 Å². The highest BCUT2D eigenvalue weighted by atomic mass is 16.5. The highest BCUT2D eigenvalue weighted by Gasteiger charge is 2.56. The molecule has 5 heteroatoms. The molecule has 102 valence electrons. The van der Waals surface area contributed by atoms with E-state index in [4.69, 9.17) is 9.47 Å². The molecule has 0 saturated heterocycles. The van der Waals surface area contributed by atoms with Crippen LogP contribution in [0.5, 0.6) is 0 Å². The van der Waals surface area contributed by atoms with Crippen LogP contribution in [-0.2, 0) is 23.9 Å². The van der Waals surface area contributed by atoms with Crippen molar-refractivity contribution in [2.75, 3.05) is 13.2 Å². The van der Waals surface area contributed by atoms with E-state index in [0.29, 0.717) is 19.3 Å². The second-order valence-corrected chi connectivity index (χ2v) is 4.44. The number of Topliss-reactive ketones (excluding diaryl/α,β-unsaturated/α-hetero) is 1. The minimum Gasteiger partial charge on any atom is -0.466 e. The fourth-order valence-electron chi connectivity index (χ4n) is 2.47. The highest BCUT2D eigenvalue weighted by Crippen LogP contribution is 2.43. The number of ether oxygens (including phenoxy) is 2. The molecule has 1 aliphatic carbocycles. The van der Waals surface area contributed by atoms with Gasteiger partial charge < -0.3 is 9.47 Å².